The number of hydrogen-bond acceptors (Lipinski definition) is 4. The number of para-hydroxylation sites is 2. The van der Waals surface area contributed by atoms with E-state index in [4.69, 9.17) is 26.2 Å². The summed E-state index contributed by atoms with van der Waals surface area (Å²) in [5.74, 6) is 0.421. The maximum absolute atomic E-state index is 12.1. The summed E-state index contributed by atoms with van der Waals surface area (Å²) in [5, 5.41) is 5.56. The first-order valence-electron chi connectivity index (χ1n) is 9.68. The van der Waals surface area contributed by atoms with Gasteiger partial charge in [0.05, 0.1) is 24.4 Å². The van der Waals surface area contributed by atoms with Crippen LogP contribution in [0.1, 0.15) is 25.1 Å². The molecule has 0 fully saturated rings. The van der Waals surface area contributed by atoms with E-state index in [1.54, 1.807) is 7.11 Å². The molecule has 1 atom stereocenters. The quantitative estimate of drug-likeness (QED) is 0.563. The number of aromatic nitrogens is 2. The Labute approximate surface area is 175 Å². The van der Waals surface area contributed by atoms with Crippen LogP contribution in [0.4, 0.5) is 0 Å². The summed E-state index contributed by atoms with van der Waals surface area (Å²) < 4.78 is 13.2. The second-order valence-electron chi connectivity index (χ2n) is 7.49. The fourth-order valence-electron chi connectivity index (χ4n) is 3.66. The summed E-state index contributed by atoms with van der Waals surface area (Å²) >= 11 is 6.10. The van der Waals surface area contributed by atoms with E-state index in [9.17, 15) is 4.79 Å². The minimum Gasteiger partial charge on any atom is -0.494 e. The molecule has 0 saturated carbocycles. The van der Waals surface area contributed by atoms with E-state index in [0.29, 0.717) is 17.9 Å². The van der Waals surface area contributed by atoms with Crippen LogP contribution < -0.4 is 4.74 Å². The van der Waals surface area contributed by atoms with Gasteiger partial charge in [0.1, 0.15) is 17.5 Å². The molecule has 4 rings (SSSR count). The molecule has 0 aliphatic heterocycles. The van der Waals surface area contributed by atoms with Gasteiger partial charge in [-0.05, 0) is 24.3 Å². The molecular formula is C23H23ClN2O3. The van der Waals surface area contributed by atoms with E-state index in [2.05, 4.69) is 0 Å². The third kappa shape index (κ3) is 3.75. The van der Waals surface area contributed by atoms with Crippen molar-refractivity contribution >= 4 is 17.6 Å². The van der Waals surface area contributed by atoms with Crippen molar-refractivity contribution in [1.82, 2.24) is 9.78 Å². The first-order chi connectivity index (χ1) is 14.0. The van der Waals surface area contributed by atoms with Crippen LogP contribution in [0.5, 0.6) is 5.75 Å². The Morgan fingerprint density at radius 2 is 1.86 bits per heavy atom. The van der Waals surface area contributed by atoms with E-state index in [-0.39, 0.29) is 18.0 Å². The van der Waals surface area contributed by atoms with Gasteiger partial charge in [0.25, 0.3) is 0 Å². The standard InChI is InChI=1S/C23H23ClN2O3/c1-14(2)23(27)29-17-12-18-19(13-17)25-26(20-6-4-5-7-21(20)28-3)22(18)15-8-10-16(24)11-9-15/h4-11,14,17H,12-13H2,1-3H3. The lowest BCUT2D eigenvalue weighted by Gasteiger charge is -2.16. The number of halogens is 1. The fourth-order valence-corrected chi connectivity index (χ4v) is 3.78. The van der Waals surface area contributed by atoms with Crippen molar-refractivity contribution < 1.29 is 14.3 Å². The predicted octanol–water partition coefficient (Wildman–Crippen LogP) is 4.87. The van der Waals surface area contributed by atoms with Crippen molar-refractivity contribution in [2.24, 2.45) is 5.92 Å². The molecule has 5 nitrogen and oxygen atoms in total. The Morgan fingerprint density at radius 1 is 1.14 bits per heavy atom. The summed E-state index contributed by atoms with van der Waals surface area (Å²) in [4.78, 5) is 12.1. The molecule has 1 aliphatic carbocycles. The molecule has 0 N–H and O–H groups in total. The van der Waals surface area contributed by atoms with Crippen molar-refractivity contribution in [3.05, 3.63) is 64.8 Å². The summed E-state index contributed by atoms with van der Waals surface area (Å²) in [5.41, 5.74) is 4.89. The Balaban J connectivity index is 1.79. The smallest absolute Gasteiger partial charge is 0.308 e. The lowest BCUT2D eigenvalue weighted by atomic mass is 10.1. The second kappa shape index (κ2) is 7.91. The van der Waals surface area contributed by atoms with Crippen LogP contribution in [0.25, 0.3) is 16.9 Å². The Bertz CT molecular complexity index is 1040. The molecule has 1 aliphatic rings. The molecule has 0 bridgehead atoms. The molecular weight excluding hydrogens is 388 g/mol. The molecule has 0 amide bonds. The molecule has 3 aromatic rings. The number of ether oxygens (including phenoxy) is 2. The van der Waals surface area contributed by atoms with Gasteiger partial charge in [-0.1, -0.05) is 49.7 Å². The number of nitrogens with zero attached hydrogens (tertiary/aromatic N) is 2. The lowest BCUT2D eigenvalue weighted by molar-refractivity contribution is -0.152. The van der Waals surface area contributed by atoms with Crippen LogP contribution in [-0.2, 0) is 22.4 Å². The molecule has 1 heterocycles. The van der Waals surface area contributed by atoms with Gasteiger partial charge in [0.2, 0.25) is 0 Å². The van der Waals surface area contributed by atoms with Gasteiger partial charge in [0.15, 0.2) is 0 Å². The highest BCUT2D eigenvalue weighted by atomic mass is 35.5. The van der Waals surface area contributed by atoms with Crippen LogP contribution >= 0.6 is 11.6 Å². The average molecular weight is 411 g/mol. The number of fused-ring (bicyclic) bond motifs is 1. The first kappa shape index (κ1) is 19.5. The van der Waals surface area contributed by atoms with Gasteiger partial charge in [-0.15, -0.1) is 0 Å². The van der Waals surface area contributed by atoms with Gasteiger partial charge < -0.3 is 9.47 Å². The monoisotopic (exact) mass is 410 g/mol. The first-order valence-corrected chi connectivity index (χ1v) is 10.1. The summed E-state index contributed by atoms with van der Waals surface area (Å²) in [6, 6.07) is 15.5. The Hall–Kier alpha value is -2.79. The van der Waals surface area contributed by atoms with E-state index in [0.717, 1.165) is 34.0 Å². The highest BCUT2D eigenvalue weighted by Crippen LogP contribution is 2.37. The van der Waals surface area contributed by atoms with Crippen LogP contribution in [0.15, 0.2) is 48.5 Å². The number of carbonyl (C=O) groups is 1. The van der Waals surface area contributed by atoms with E-state index in [1.807, 2.05) is 67.1 Å². The zero-order valence-electron chi connectivity index (χ0n) is 16.7. The second-order valence-corrected chi connectivity index (χ2v) is 7.92. The molecule has 2 aromatic carbocycles. The highest BCUT2D eigenvalue weighted by molar-refractivity contribution is 6.30. The van der Waals surface area contributed by atoms with Crippen molar-refractivity contribution in [3.8, 4) is 22.7 Å². The van der Waals surface area contributed by atoms with Crippen LogP contribution in [0.3, 0.4) is 0 Å². The third-order valence-electron chi connectivity index (χ3n) is 5.10. The number of rotatable bonds is 5. The van der Waals surface area contributed by atoms with Crippen LogP contribution in [0.2, 0.25) is 5.02 Å². The molecule has 29 heavy (non-hydrogen) atoms. The molecule has 0 spiro atoms. The molecule has 1 unspecified atom stereocenters. The molecule has 1 aromatic heterocycles. The maximum Gasteiger partial charge on any atom is 0.308 e. The zero-order valence-corrected chi connectivity index (χ0v) is 17.4. The van der Waals surface area contributed by atoms with Crippen molar-refractivity contribution in [1.29, 1.82) is 0 Å². The Kier molecular flexibility index (Phi) is 5.33. The summed E-state index contributed by atoms with van der Waals surface area (Å²) in [6.45, 7) is 3.69. The van der Waals surface area contributed by atoms with E-state index >= 15 is 0 Å². The lowest BCUT2D eigenvalue weighted by Crippen LogP contribution is -2.22. The molecule has 0 saturated heterocycles. The number of methoxy groups -OCH3 is 1. The largest absolute Gasteiger partial charge is 0.494 e. The van der Waals surface area contributed by atoms with Crippen molar-refractivity contribution in [2.75, 3.05) is 7.11 Å². The molecule has 6 heteroatoms. The summed E-state index contributed by atoms with van der Waals surface area (Å²) in [6.07, 6.45) is 1.07. The van der Waals surface area contributed by atoms with Gasteiger partial charge in [0, 0.05) is 29.0 Å². The van der Waals surface area contributed by atoms with Crippen LogP contribution in [0, 0.1) is 5.92 Å². The van der Waals surface area contributed by atoms with Crippen LogP contribution in [-0.4, -0.2) is 29.0 Å². The molecule has 150 valence electrons. The van der Waals surface area contributed by atoms with Gasteiger partial charge >= 0.3 is 5.97 Å². The van der Waals surface area contributed by atoms with Crippen molar-refractivity contribution in [3.63, 3.8) is 0 Å². The average Bonchev–Trinajstić information content (AvgIpc) is 3.25. The third-order valence-corrected chi connectivity index (χ3v) is 5.36. The fraction of sp³-hybridized carbons (Fsp3) is 0.304. The minimum absolute atomic E-state index is 0.146. The summed E-state index contributed by atoms with van der Waals surface area (Å²) in [7, 11) is 1.65. The maximum atomic E-state index is 12.1. The normalized spacial score (nSPS) is 15.4. The van der Waals surface area contributed by atoms with Crippen molar-refractivity contribution in [2.45, 2.75) is 32.8 Å². The highest BCUT2D eigenvalue weighted by Gasteiger charge is 2.33. The number of carbonyl (C=O) groups excluding carboxylic acids is 1. The topological polar surface area (TPSA) is 53.4 Å². The number of benzene rings is 2. The van der Waals surface area contributed by atoms with E-state index in [1.165, 1.54) is 0 Å². The van der Waals surface area contributed by atoms with Gasteiger partial charge in [-0.3, -0.25) is 4.79 Å². The number of hydrogen-bond donors (Lipinski definition) is 0. The Morgan fingerprint density at radius 3 is 2.55 bits per heavy atom. The minimum atomic E-state index is -0.180. The predicted molar refractivity (Wildman–Crippen MR) is 113 cm³/mol. The van der Waals surface area contributed by atoms with Gasteiger partial charge in [-0.2, -0.15) is 5.10 Å². The SMILES string of the molecule is COc1ccccc1-n1nc2c(c1-c1ccc(Cl)cc1)CC(OC(=O)C(C)C)C2. The van der Waals surface area contributed by atoms with E-state index < -0.39 is 0 Å². The van der Waals surface area contributed by atoms with Gasteiger partial charge in [-0.25, -0.2) is 4.68 Å². The number of esters is 1. The zero-order chi connectivity index (χ0) is 20.5. The molecule has 0 radical (unpaired) electrons.